The Balaban J connectivity index is 3.78. The number of aliphatic hydroxyl groups is 2. The third kappa shape index (κ3) is 11.8. The van der Waals surface area contributed by atoms with Gasteiger partial charge >= 0.3 is 7.82 Å². The molecule has 0 aliphatic heterocycles. The molecule has 0 aliphatic carbocycles. The van der Waals surface area contributed by atoms with Gasteiger partial charge < -0.3 is 15.1 Å². The highest BCUT2D eigenvalue weighted by atomic mass is 31.2. The van der Waals surface area contributed by atoms with Crippen molar-refractivity contribution >= 4 is 7.82 Å². The maximum atomic E-state index is 11.6. The summed E-state index contributed by atoms with van der Waals surface area (Å²) in [5.74, 6) is 0. The van der Waals surface area contributed by atoms with E-state index in [1.54, 1.807) is 0 Å². The smallest absolute Gasteiger partial charge is 0.395 e. The second-order valence-corrected chi connectivity index (χ2v) is 5.89. The van der Waals surface area contributed by atoms with Gasteiger partial charge in [0.15, 0.2) is 0 Å². The van der Waals surface area contributed by atoms with Crippen molar-refractivity contribution in [3.8, 4) is 0 Å². The first kappa shape index (κ1) is 20.0. The molecular weight excluding hydrogens is 285 g/mol. The highest BCUT2D eigenvalue weighted by Crippen LogP contribution is 2.44. The van der Waals surface area contributed by atoms with Crippen molar-refractivity contribution in [2.24, 2.45) is 0 Å². The summed E-state index contributed by atoms with van der Waals surface area (Å²) in [6.07, 6.45) is 6.32. The van der Waals surface area contributed by atoms with E-state index in [9.17, 15) is 9.46 Å². The van der Waals surface area contributed by atoms with Crippen molar-refractivity contribution in [1.29, 1.82) is 0 Å². The lowest BCUT2D eigenvalue weighted by molar-refractivity contribution is -0.100. The van der Waals surface area contributed by atoms with Crippen molar-refractivity contribution < 1.29 is 28.8 Å². The summed E-state index contributed by atoms with van der Waals surface area (Å²) in [6.45, 7) is 1.89. The normalized spacial score (nSPS) is 14.7. The first-order valence-corrected chi connectivity index (χ1v) is 8.69. The largest absolute Gasteiger partial charge is 0.489 e. The standard InChI is InChI=1S/C12H28NO6P/c1-2-3-4-5-6-7-12-18-20(16,17)19-13(8-10-14)9-11-15/h14-15H,2-12H2,1H3,(H,16,17). The van der Waals surface area contributed by atoms with Crippen molar-refractivity contribution in [2.75, 3.05) is 32.9 Å². The molecule has 7 nitrogen and oxygen atoms in total. The third-order valence-corrected chi connectivity index (χ3v) is 3.62. The Kier molecular flexibility index (Phi) is 12.7. The highest BCUT2D eigenvalue weighted by Gasteiger charge is 2.25. The summed E-state index contributed by atoms with van der Waals surface area (Å²) in [6, 6.07) is 0. The van der Waals surface area contributed by atoms with Gasteiger partial charge in [0.25, 0.3) is 0 Å². The fourth-order valence-corrected chi connectivity index (χ4v) is 2.51. The topological polar surface area (TPSA) is 99.5 Å². The Labute approximate surface area is 121 Å². The van der Waals surface area contributed by atoms with Crippen molar-refractivity contribution in [2.45, 2.75) is 45.4 Å². The van der Waals surface area contributed by atoms with Gasteiger partial charge in [0.2, 0.25) is 0 Å². The van der Waals surface area contributed by atoms with Crippen LogP contribution in [0.1, 0.15) is 45.4 Å². The second-order valence-electron chi connectivity index (χ2n) is 4.53. The van der Waals surface area contributed by atoms with Crippen molar-refractivity contribution in [3.05, 3.63) is 0 Å². The molecule has 122 valence electrons. The average molecular weight is 313 g/mol. The molecule has 0 aliphatic rings. The average Bonchev–Trinajstić information content (AvgIpc) is 2.38. The molecule has 0 saturated heterocycles. The summed E-state index contributed by atoms with van der Waals surface area (Å²) >= 11 is 0. The fraction of sp³-hybridized carbons (Fsp3) is 1.00. The number of phosphoric acid groups is 1. The van der Waals surface area contributed by atoms with E-state index in [1.807, 2.05) is 0 Å². The summed E-state index contributed by atoms with van der Waals surface area (Å²) in [5, 5.41) is 18.6. The van der Waals surface area contributed by atoms with Crippen molar-refractivity contribution in [1.82, 2.24) is 5.06 Å². The molecule has 8 heteroatoms. The molecule has 20 heavy (non-hydrogen) atoms. The summed E-state index contributed by atoms with van der Waals surface area (Å²) < 4.78 is 21.2. The quantitative estimate of drug-likeness (QED) is 0.255. The molecule has 3 N–H and O–H groups in total. The first-order valence-electron chi connectivity index (χ1n) is 7.19. The second kappa shape index (κ2) is 12.7. The SMILES string of the molecule is CCCCCCCCOP(=O)(O)ON(CCO)CCO. The van der Waals surface area contributed by atoms with Crippen molar-refractivity contribution in [3.63, 3.8) is 0 Å². The van der Waals surface area contributed by atoms with E-state index in [2.05, 4.69) is 6.92 Å². The minimum absolute atomic E-state index is 0.0332. The lowest BCUT2D eigenvalue weighted by Crippen LogP contribution is -2.29. The van der Waals surface area contributed by atoms with Gasteiger partial charge in [-0.3, -0.25) is 4.52 Å². The van der Waals surface area contributed by atoms with E-state index in [1.165, 1.54) is 19.3 Å². The molecule has 0 amide bonds. The first-order chi connectivity index (χ1) is 9.55. The number of nitrogens with zero attached hydrogens (tertiary/aromatic N) is 1. The molecule has 0 aromatic heterocycles. The van der Waals surface area contributed by atoms with Gasteiger partial charge in [-0.1, -0.05) is 39.0 Å². The molecule has 0 fully saturated rings. The van der Waals surface area contributed by atoms with Gasteiger partial charge in [0.1, 0.15) is 0 Å². The van der Waals surface area contributed by atoms with E-state index < -0.39 is 7.82 Å². The van der Waals surface area contributed by atoms with Gasteiger partial charge in [-0.05, 0) is 6.42 Å². The van der Waals surface area contributed by atoms with E-state index >= 15 is 0 Å². The lowest BCUT2D eigenvalue weighted by atomic mass is 10.1. The molecule has 0 radical (unpaired) electrons. The van der Waals surface area contributed by atoms with Crippen LogP contribution in [0.25, 0.3) is 0 Å². The van der Waals surface area contributed by atoms with Gasteiger partial charge in [0.05, 0.1) is 19.8 Å². The van der Waals surface area contributed by atoms with Gasteiger partial charge in [-0.25, -0.2) is 4.57 Å². The molecule has 0 spiro atoms. The van der Waals surface area contributed by atoms with Crippen LogP contribution in [0, 0.1) is 0 Å². The Morgan fingerprint density at radius 3 is 2.10 bits per heavy atom. The van der Waals surface area contributed by atoms with Crippen LogP contribution in [0.5, 0.6) is 0 Å². The zero-order valence-corrected chi connectivity index (χ0v) is 13.1. The predicted molar refractivity (Wildman–Crippen MR) is 76.0 cm³/mol. The number of hydrogen-bond donors (Lipinski definition) is 3. The van der Waals surface area contributed by atoms with Crippen LogP contribution in [-0.2, 0) is 13.7 Å². The zero-order valence-electron chi connectivity index (χ0n) is 12.2. The monoisotopic (exact) mass is 313 g/mol. The minimum atomic E-state index is -4.17. The summed E-state index contributed by atoms with van der Waals surface area (Å²) in [5.41, 5.74) is 0. The molecule has 0 aromatic carbocycles. The number of aliphatic hydroxyl groups excluding tert-OH is 2. The predicted octanol–water partition coefficient (Wildman–Crippen LogP) is 1.68. The van der Waals surface area contributed by atoms with Crippen LogP contribution < -0.4 is 0 Å². The lowest BCUT2D eigenvalue weighted by Gasteiger charge is -2.22. The molecular formula is C12H28NO6P. The molecule has 0 aromatic rings. The third-order valence-electron chi connectivity index (χ3n) is 2.67. The van der Waals surface area contributed by atoms with Gasteiger partial charge in [-0.2, -0.15) is 9.69 Å². The molecule has 0 saturated carbocycles. The molecule has 1 atom stereocenters. The summed E-state index contributed by atoms with van der Waals surface area (Å²) in [7, 11) is -4.17. The van der Waals surface area contributed by atoms with Crippen LogP contribution in [0.3, 0.4) is 0 Å². The molecule has 0 heterocycles. The summed E-state index contributed by atoms with van der Waals surface area (Å²) in [4.78, 5) is 9.49. The van der Waals surface area contributed by atoms with Gasteiger partial charge in [0, 0.05) is 13.1 Å². The number of phosphoric ester groups is 1. The maximum Gasteiger partial charge on any atom is 0.489 e. The Bertz CT molecular complexity index is 260. The van der Waals surface area contributed by atoms with Crippen LogP contribution in [0.15, 0.2) is 0 Å². The molecule has 0 rings (SSSR count). The van der Waals surface area contributed by atoms with Crippen LogP contribution in [0.4, 0.5) is 0 Å². The number of hydroxylamine groups is 2. The Morgan fingerprint density at radius 2 is 1.55 bits per heavy atom. The fourth-order valence-electron chi connectivity index (χ4n) is 1.65. The number of rotatable bonds is 14. The molecule has 0 bridgehead atoms. The van der Waals surface area contributed by atoms with Crippen LogP contribution in [-0.4, -0.2) is 53.1 Å². The Morgan fingerprint density at radius 1 is 1.00 bits per heavy atom. The zero-order chi connectivity index (χ0) is 15.3. The van der Waals surface area contributed by atoms with E-state index in [4.69, 9.17) is 19.4 Å². The van der Waals surface area contributed by atoms with Crippen LogP contribution in [0.2, 0.25) is 0 Å². The van der Waals surface area contributed by atoms with E-state index in [0.717, 1.165) is 17.9 Å². The van der Waals surface area contributed by atoms with Crippen LogP contribution >= 0.6 is 7.82 Å². The van der Waals surface area contributed by atoms with Gasteiger partial charge in [-0.15, -0.1) is 0 Å². The number of hydrogen-bond acceptors (Lipinski definition) is 6. The molecule has 1 unspecified atom stereocenters. The number of unbranched alkanes of at least 4 members (excludes halogenated alkanes) is 5. The maximum absolute atomic E-state index is 11.6. The highest BCUT2D eigenvalue weighted by molar-refractivity contribution is 7.47. The van der Waals surface area contributed by atoms with E-state index in [-0.39, 0.29) is 32.9 Å². The minimum Gasteiger partial charge on any atom is -0.395 e. The van der Waals surface area contributed by atoms with E-state index in [0.29, 0.717) is 6.42 Å². The Hall–Kier alpha value is -0.0100.